The lowest BCUT2D eigenvalue weighted by molar-refractivity contribution is 0.415. The second kappa shape index (κ2) is 8.31. The van der Waals surface area contributed by atoms with E-state index in [1.54, 1.807) is 18.4 Å². The van der Waals surface area contributed by atoms with Crippen molar-refractivity contribution >= 4 is 50.3 Å². The van der Waals surface area contributed by atoms with Crippen LogP contribution in [0.2, 0.25) is 0 Å². The predicted octanol–water partition coefficient (Wildman–Crippen LogP) is 4.90. The maximum atomic E-state index is 5.53. The summed E-state index contributed by atoms with van der Waals surface area (Å²) in [5, 5.41) is 3.92. The van der Waals surface area contributed by atoms with E-state index >= 15 is 0 Å². The Labute approximate surface area is 148 Å². The van der Waals surface area contributed by atoms with Crippen LogP contribution < -0.4 is 10.1 Å². The molecule has 0 amide bonds. The van der Waals surface area contributed by atoms with Crippen LogP contribution in [0.25, 0.3) is 0 Å². The lowest BCUT2D eigenvalue weighted by atomic mass is 10.3. The van der Waals surface area contributed by atoms with Gasteiger partial charge in [-0.05, 0) is 52.4 Å². The van der Waals surface area contributed by atoms with E-state index < -0.39 is 0 Å². The van der Waals surface area contributed by atoms with E-state index in [-0.39, 0.29) is 0 Å². The van der Waals surface area contributed by atoms with E-state index in [0.29, 0.717) is 11.7 Å². The Morgan fingerprint density at radius 2 is 2.27 bits per heavy atom. The van der Waals surface area contributed by atoms with Crippen LogP contribution in [-0.2, 0) is 6.54 Å². The monoisotopic (exact) mass is 396 g/mol. The number of methoxy groups -OCH3 is 1. The first-order valence-electron chi connectivity index (χ1n) is 6.67. The molecular formula is C16H17BrN2OS2. The maximum Gasteiger partial charge on any atom is 0.174 e. The highest BCUT2D eigenvalue weighted by molar-refractivity contribution is 9.11. The third-order valence-electron chi connectivity index (χ3n) is 2.93. The standard InChI is InChI=1S/C16H17BrN2OS2/c1-3-9-19(11-14-7-8-15(17)22-14)16(21)18-12-5-4-6-13(10-12)20-2/h3-8,10H,1,9,11H2,2H3,(H,18,21). The first-order valence-corrected chi connectivity index (χ1v) is 8.69. The van der Waals surface area contributed by atoms with Crippen molar-refractivity contribution in [1.82, 2.24) is 4.90 Å². The molecular weight excluding hydrogens is 380 g/mol. The molecule has 1 heterocycles. The number of anilines is 1. The van der Waals surface area contributed by atoms with Crippen molar-refractivity contribution in [3.63, 3.8) is 0 Å². The van der Waals surface area contributed by atoms with Gasteiger partial charge in [0.1, 0.15) is 5.75 Å². The van der Waals surface area contributed by atoms with E-state index in [1.807, 2.05) is 36.4 Å². The highest BCUT2D eigenvalue weighted by atomic mass is 79.9. The molecule has 1 aromatic heterocycles. The Morgan fingerprint density at radius 1 is 1.45 bits per heavy atom. The first-order chi connectivity index (χ1) is 10.6. The van der Waals surface area contributed by atoms with Crippen molar-refractivity contribution in [3.05, 3.63) is 57.7 Å². The average Bonchev–Trinajstić information content (AvgIpc) is 2.92. The van der Waals surface area contributed by atoms with Crippen molar-refractivity contribution in [3.8, 4) is 5.75 Å². The smallest absolute Gasteiger partial charge is 0.174 e. The minimum atomic E-state index is 0.665. The molecule has 0 saturated heterocycles. The number of nitrogens with zero attached hydrogens (tertiary/aromatic N) is 1. The Hall–Kier alpha value is -1.37. The normalized spacial score (nSPS) is 10.1. The lowest BCUT2D eigenvalue weighted by Gasteiger charge is -2.24. The number of thiophene rings is 1. The Bertz CT molecular complexity index is 657. The van der Waals surface area contributed by atoms with Gasteiger partial charge < -0.3 is 15.0 Å². The highest BCUT2D eigenvalue weighted by Crippen LogP contribution is 2.24. The molecule has 0 aliphatic rings. The van der Waals surface area contributed by atoms with E-state index in [4.69, 9.17) is 17.0 Å². The number of nitrogens with one attached hydrogen (secondary N) is 1. The molecule has 0 spiro atoms. The van der Waals surface area contributed by atoms with Gasteiger partial charge in [0.05, 0.1) is 17.4 Å². The van der Waals surface area contributed by atoms with Crippen molar-refractivity contribution in [2.24, 2.45) is 0 Å². The molecule has 0 unspecified atom stereocenters. The van der Waals surface area contributed by atoms with Crippen LogP contribution in [-0.4, -0.2) is 23.7 Å². The van der Waals surface area contributed by atoms with Gasteiger partial charge >= 0.3 is 0 Å². The van der Waals surface area contributed by atoms with Crippen molar-refractivity contribution in [1.29, 1.82) is 0 Å². The average molecular weight is 397 g/mol. The Kier molecular flexibility index (Phi) is 6.42. The molecule has 22 heavy (non-hydrogen) atoms. The summed E-state index contributed by atoms with van der Waals surface area (Å²) in [5.74, 6) is 0.797. The summed E-state index contributed by atoms with van der Waals surface area (Å²) in [4.78, 5) is 3.31. The Morgan fingerprint density at radius 3 is 2.91 bits per heavy atom. The summed E-state index contributed by atoms with van der Waals surface area (Å²) in [7, 11) is 1.65. The molecule has 116 valence electrons. The van der Waals surface area contributed by atoms with Crippen LogP contribution in [0, 0.1) is 0 Å². The molecule has 6 heteroatoms. The summed E-state index contributed by atoms with van der Waals surface area (Å²) in [6.07, 6.45) is 1.85. The molecule has 2 aromatic rings. The summed E-state index contributed by atoms with van der Waals surface area (Å²) in [5.41, 5.74) is 0.908. The fraction of sp³-hybridized carbons (Fsp3) is 0.188. The van der Waals surface area contributed by atoms with Gasteiger partial charge in [-0.15, -0.1) is 17.9 Å². The van der Waals surface area contributed by atoms with Crippen molar-refractivity contribution in [2.75, 3.05) is 19.0 Å². The first kappa shape index (κ1) is 17.0. The zero-order chi connectivity index (χ0) is 15.9. The third kappa shape index (κ3) is 4.83. The summed E-state index contributed by atoms with van der Waals surface area (Å²) < 4.78 is 6.34. The van der Waals surface area contributed by atoms with Gasteiger partial charge in [-0.1, -0.05) is 12.1 Å². The number of hydrogen-bond donors (Lipinski definition) is 1. The van der Waals surface area contributed by atoms with Crippen LogP contribution in [0.3, 0.4) is 0 Å². The third-order valence-corrected chi connectivity index (χ3v) is 4.90. The topological polar surface area (TPSA) is 24.5 Å². The predicted molar refractivity (Wildman–Crippen MR) is 102 cm³/mol. The van der Waals surface area contributed by atoms with Gasteiger partial charge in [-0.3, -0.25) is 0 Å². The van der Waals surface area contributed by atoms with Crippen LogP contribution in [0.1, 0.15) is 4.88 Å². The van der Waals surface area contributed by atoms with E-state index in [0.717, 1.165) is 21.8 Å². The molecule has 0 bridgehead atoms. The summed E-state index contributed by atoms with van der Waals surface area (Å²) in [6.45, 7) is 5.24. The van der Waals surface area contributed by atoms with Gasteiger partial charge in [-0.25, -0.2) is 0 Å². The van der Waals surface area contributed by atoms with Gasteiger partial charge in [0.25, 0.3) is 0 Å². The van der Waals surface area contributed by atoms with Gasteiger partial charge in [0.2, 0.25) is 0 Å². The van der Waals surface area contributed by atoms with Crippen LogP contribution in [0.4, 0.5) is 5.69 Å². The zero-order valence-corrected chi connectivity index (χ0v) is 15.4. The molecule has 0 aliphatic heterocycles. The molecule has 3 nitrogen and oxygen atoms in total. The fourth-order valence-electron chi connectivity index (χ4n) is 1.90. The molecule has 0 radical (unpaired) electrons. The van der Waals surface area contributed by atoms with Crippen LogP contribution in [0.15, 0.2) is 52.8 Å². The number of rotatable bonds is 6. The maximum absolute atomic E-state index is 5.53. The summed E-state index contributed by atoms with van der Waals surface area (Å²) >= 11 is 10.7. The van der Waals surface area contributed by atoms with Gasteiger partial charge in [-0.2, -0.15) is 0 Å². The fourth-order valence-corrected chi connectivity index (χ4v) is 3.66. The quantitative estimate of drug-likeness (QED) is 0.553. The van der Waals surface area contributed by atoms with Gasteiger partial charge in [0, 0.05) is 23.2 Å². The van der Waals surface area contributed by atoms with Crippen LogP contribution in [0.5, 0.6) is 5.75 Å². The van der Waals surface area contributed by atoms with Crippen molar-refractivity contribution < 1.29 is 4.74 Å². The zero-order valence-electron chi connectivity index (χ0n) is 12.2. The van der Waals surface area contributed by atoms with E-state index in [9.17, 15) is 0 Å². The second-order valence-electron chi connectivity index (χ2n) is 4.54. The largest absolute Gasteiger partial charge is 0.497 e. The number of halogens is 1. The molecule has 0 atom stereocenters. The molecule has 0 aliphatic carbocycles. The molecule has 1 N–H and O–H groups in total. The van der Waals surface area contributed by atoms with Gasteiger partial charge in [0.15, 0.2) is 5.11 Å². The second-order valence-corrected chi connectivity index (χ2v) is 7.47. The molecule has 0 fully saturated rings. The van der Waals surface area contributed by atoms with Crippen molar-refractivity contribution in [2.45, 2.75) is 6.54 Å². The minimum Gasteiger partial charge on any atom is -0.497 e. The molecule has 0 saturated carbocycles. The van der Waals surface area contributed by atoms with E-state index in [2.05, 4.69) is 38.8 Å². The minimum absolute atomic E-state index is 0.665. The SMILES string of the molecule is C=CCN(Cc1ccc(Br)s1)C(=S)Nc1cccc(OC)c1. The summed E-state index contributed by atoms with van der Waals surface area (Å²) in [6, 6.07) is 11.9. The number of ether oxygens (including phenoxy) is 1. The Balaban J connectivity index is 2.06. The molecule has 2 rings (SSSR count). The lowest BCUT2D eigenvalue weighted by Crippen LogP contribution is -2.34. The van der Waals surface area contributed by atoms with E-state index in [1.165, 1.54) is 4.88 Å². The number of thiocarbonyl (C=S) groups is 1. The van der Waals surface area contributed by atoms with Crippen LogP contribution >= 0.6 is 39.5 Å². The molecule has 1 aromatic carbocycles. The number of benzene rings is 1. The number of hydrogen-bond acceptors (Lipinski definition) is 3. The highest BCUT2D eigenvalue weighted by Gasteiger charge is 2.11.